The van der Waals surface area contributed by atoms with Crippen LogP contribution in [0.25, 0.3) is 5.65 Å². The zero-order valence-corrected chi connectivity index (χ0v) is 10.1. The van der Waals surface area contributed by atoms with E-state index < -0.39 is 0 Å². The molecule has 3 aromatic rings. The van der Waals surface area contributed by atoms with Crippen LogP contribution in [0.15, 0.2) is 61.1 Å². The summed E-state index contributed by atoms with van der Waals surface area (Å²) in [5.41, 5.74) is 2.13. The van der Waals surface area contributed by atoms with Crippen LogP contribution in [-0.2, 0) is 0 Å². The molecule has 0 atom stereocenters. The Balaban J connectivity index is 1.78. The van der Waals surface area contributed by atoms with Crippen molar-refractivity contribution in [3.05, 3.63) is 61.1 Å². The van der Waals surface area contributed by atoms with E-state index in [0.29, 0.717) is 11.3 Å². The third-order valence-electron chi connectivity index (χ3n) is 2.70. The van der Waals surface area contributed by atoms with Crippen LogP contribution in [0.4, 0.5) is 16.2 Å². The number of benzene rings is 1. The van der Waals surface area contributed by atoms with Gasteiger partial charge in [0.25, 0.3) is 0 Å². The number of hydrogen-bond acceptors (Lipinski definition) is 2. The summed E-state index contributed by atoms with van der Waals surface area (Å²) in [5.74, 6) is 0. The predicted molar refractivity (Wildman–Crippen MR) is 74.3 cm³/mol. The van der Waals surface area contributed by atoms with Gasteiger partial charge in [-0.25, -0.2) is 9.78 Å². The molecule has 5 heteroatoms. The number of carbonyl (C=O) groups excluding carboxylic acids is 1. The quantitative estimate of drug-likeness (QED) is 0.736. The minimum absolute atomic E-state index is 0.290. The number of nitrogens with one attached hydrogen (secondary N) is 2. The van der Waals surface area contributed by atoms with Crippen LogP contribution in [0.5, 0.6) is 0 Å². The first-order valence-electron chi connectivity index (χ1n) is 5.88. The Morgan fingerprint density at radius 1 is 1.00 bits per heavy atom. The monoisotopic (exact) mass is 252 g/mol. The molecule has 0 bridgehead atoms. The minimum Gasteiger partial charge on any atom is -0.308 e. The number of imidazole rings is 1. The summed E-state index contributed by atoms with van der Waals surface area (Å²) in [5, 5.41) is 5.55. The van der Waals surface area contributed by atoms with Crippen molar-refractivity contribution in [2.75, 3.05) is 10.6 Å². The summed E-state index contributed by atoms with van der Waals surface area (Å²) in [6.07, 6.45) is 5.40. The van der Waals surface area contributed by atoms with Crippen molar-refractivity contribution in [2.24, 2.45) is 0 Å². The van der Waals surface area contributed by atoms with Gasteiger partial charge in [0.2, 0.25) is 0 Å². The molecule has 19 heavy (non-hydrogen) atoms. The van der Waals surface area contributed by atoms with Gasteiger partial charge < -0.3 is 15.0 Å². The number of para-hydroxylation sites is 1. The van der Waals surface area contributed by atoms with Crippen LogP contribution < -0.4 is 10.6 Å². The van der Waals surface area contributed by atoms with Crippen LogP contribution in [0.2, 0.25) is 0 Å². The van der Waals surface area contributed by atoms with Gasteiger partial charge in [-0.15, -0.1) is 0 Å². The Kier molecular flexibility index (Phi) is 2.86. The Hall–Kier alpha value is -2.82. The molecule has 0 unspecified atom stereocenters. The first-order valence-corrected chi connectivity index (χ1v) is 5.88. The number of anilines is 2. The van der Waals surface area contributed by atoms with Crippen molar-refractivity contribution in [3.8, 4) is 0 Å². The molecule has 94 valence electrons. The lowest BCUT2D eigenvalue weighted by molar-refractivity contribution is 0.262. The molecule has 5 nitrogen and oxygen atoms in total. The second-order valence-corrected chi connectivity index (χ2v) is 4.03. The number of pyridine rings is 1. The average molecular weight is 252 g/mol. The Morgan fingerprint density at radius 3 is 2.68 bits per heavy atom. The van der Waals surface area contributed by atoms with Crippen molar-refractivity contribution < 1.29 is 4.79 Å². The van der Waals surface area contributed by atoms with Gasteiger partial charge in [0.15, 0.2) is 5.65 Å². The van der Waals surface area contributed by atoms with Gasteiger partial charge in [0, 0.05) is 24.3 Å². The molecule has 3 rings (SSSR count). The number of carbonyl (C=O) groups is 1. The molecule has 2 N–H and O–H groups in total. The molecule has 2 heterocycles. The van der Waals surface area contributed by atoms with E-state index >= 15 is 0 Å². The lowest BCUT2D eigenvalue weighted by Crippen LogP contribution is -2.19. The van der Waals surface area contributed by atoms with Gasteiger partial charge in [0.1, 0.15) is 0 Å². The molecule has 2 aromatic heterocycles. The summed E-state index contributed by atoms with van der Waals surface area (Å²) in [7, 11) is 0. The van der Waals surface area contributed by atoms with E-state index in [0.717, 1.165) is 5.69 Å². The van der Waals surface area contributed by atoms with Crippen molar-refractivity contribution in [2.45, 2.75) is 0 Å². The molecule has 1 aromatic carbocycles. The highest BCUT2D eigenvalue weighted by Gasteiger charge is 2.06. The second kappa shape index (κ2) is 4.81. The van der Waals surface area contributed by atoms with Gasteiger partial charge in [-0.2, -0.15) is 0 Å². The molecule has 0 saturated heterocycles. The molecule has 0 aliphatic heterocycles. The molecular formula is C14H12N4O. The van der Waals surface area contributed by atoms with Crippen LogP contribution in [0, 0.1) is 0 Å². The van der Waals surface area contributed by atoms with E-state index in [4.69, 9.17) is 0 Å². The fraction of sp³-hybridized carbons (Fsp3) is 0. The van der Waals surface area contributed by atoms with E-state index in [1.54, 1.807) is 6.20 Å². The normalized spacial score (nSPS) is 10.3. The van der Waals surface area contributed by atoms with E-state index in [2.05, 4.69) is 15.6 Å². The number of aromatic nitrogens is 2. The number of rotatable bonds is 2. The van der Waals surface area contributed by atoms with Gasteiger partial charge in [-0.05, 0) is 24.3 Å². The maximum absolute atomic E-state index is 11.9. The number of urea groups is 1. The minimum atomic E-state index is -0.290. The fourth-order valence-electron chi connectivity index (χ4n) is 1.85. The van der Waals surface area contributed by atoms with Crippen LogP contribution >= 0.6 is 0 Å². The molecule has 0 saturated carbocycles. The third kappa shape index (κ3) is 2.40. The summed E-state index contributed by atoms with van der Waals surface area (Å²) >= 11 is 0. The lowest BCUT2D eigenvalue weighted by Gasteiger charge is -2.08. The van der Waals surface area contributed by atoms with Crippen LogP contribution in [-0.4, -0.2) is 15.4 Å². The van der Waals surface area contributed by atoms with Crippen molar-refractivity contribution in [1.82, 2.24) is 9.38 Å². The SMILES string of the molecule is O=C(Nc1ccccc1)Nc1cccn2ccnc12. The van der Waals surface area contributed by atoms with Crippen molar-refractivity contribution in [3.63, 3.8) is 0 Å². The second-order valence-electron chi connectivity index (χ2n) is 4.03. The van der Waals surface area contributed by atoms with Crippen LogP contribution in [0.3, 0.4) is 0 Å². The van der Waals surface area contributed by atoms with E-state index in [1.165, 1.54) is 0 Å². The average Bonchev–Trinajstić information content (AvgIpc) is 2.89. The van der Waals surface area contributed by atoms with E-state index in [-0.39, 0.29) is 6.03 Å². The topological polar surface area (TPSA) is 58.4 Å². The number of nitrogens with zero attached hydrogens (tertiary/aromatic N) is 2. The third-order valence-corrected chi connectivity index (χ3v) is 2.70. The van der Waals surface area contributed by atoms with E-state index in [1.807, 2.05) is 59.3 Å². The highest BCUT2D eigenvalue weighted by Crippen LogP contribution is 2.15. The van der Waals surface area contributed by atoms with Gasteiger partial charge in [-0.3, -0.25) is 0 Å². The fourth-order valence-corrected chi connectivity index (χ4v) is 1.85. The molecular weight excluding hydrogens is 240 g/mol. The number of fused-ring (bicyclic) bond motifs is 1. The number of amides is 2. The van der Waals surface area contributed by atoms with Crippen LogP contribution in [0.1, 0.15) is 0 Å². The Labute approximate surface area is 109 Å². The Morgan fingerprint density at radius 2 is 1.84 bits per heavy atom. The molecule has 0 aliphatic carbocycles. The first-order chi connectivity index (χ1) is 9.33. The van der Waals surface area contributed by atoms with Crippen molar-refractivity contribution in [1.29, 1.82) is 0 Å². The highest BCUT2D eigenvalue weighted by atomic mass is 16.2. The maximum Gasteiger partial charge on any atom is 0.323 e. The van der Waals surface area contributed by atoms with Gasteiger partial charge in [-0.1, -0.05) is 18.2 Å². The van der Waals surface area contributed by atoms with Gasteiger partial charge >= 0.3 is 6.03 Å². The molecule has 0 spiro atoms. The summed E-state index contributed by atoms with van der Waals surface area (Å²) in [6.45, 7) is 0. The summed E-state index contributed by atoms with van der Waals surface area (Å²) in [6, 6.07) is 12.7. The number of hydrogen-bond donors (Lipinski definition) is 2. The molecule has 0 aliphatic rings. The zero-order chi connectivity index (χ0) is 13.1. The molecule has 0 radical (unpaired) electrons. The molecule has 0 fully saturated rings. The summed E-state index contributed by atoms with van der Waals surface area (Å²) in [4.78, 5) is 16.1. The largest absolute Gasteiger partial charge is 0.323 e. The predicted octanol–water partition coefficient (Wildman–Crippen LogP) is 2.98. The van der Waals surface area contributed by atoms with Crippen molar-refractivity contribution >= 4 is 23.1 Å². The first kappa shape index (κ1) is 11.3. The Bertz CT molecular complexity index is 706. The smallest absolute Gasteiger partial charge is 0.308 e. The maximum atomic E-state index is 11.9. The highest BCUT2D eigenvalue weighted by molar-refractivity contribution is 6.01. The van der Waals surface area contributed by atoms with E-state index in [9.17, 15) is 4.79 Å². The molecule has 2 amide bonds. The standard InChI is InChI=1S/C14H12N4O/c19-14(16-11-5-2-1-3-6-11)17-12-7-4-9-18-10-8-15-13(12)18/h1-10H,(H2,16,17,19). The summed E-state index contributed by atoms with van der Waals surface area (Å²) < 4.78 is 1.85. The zero-order valence-electron chi connectivity index (χ0n) is 10.1. The van der Waals surface area contributed by atoms with Gasteiger partial charge in [0.05, 0.1) is 5.69 Å². The lowest BCUT2D eigenvalue weighted by atomic mass is 10.3.